The average Bonchev–Trinajstić information content (AvgIpc) is 2.23. The highest BCUT2D eigenvalue weighted by Gasteiger charge is 2.15. The van der Waals surface area contributed by atoms with Gasteiger partial charge in [-0.15, -0.1) is 11.8 Å². The summed E-state index contributed by atoms with van der Waals surface area (Å²) < 4.78 is 0. The molecule has 0 amide bonds. The van der Waals surface area contributed by atoms with Crippen molar-refractivity contribution in [3.05, 3.63) is 34.3 Å². The third kappa shape index (κ3) is 2.25. The third-order valence-corrected chi connectivity index (χ3v) is 4.14. The van der Waals surface area contributed by atoms with Gasteiger partial charge in [0.25, 0.3) is 0 Å². The Labute approximate surface area is 94.2 Å². The Morgan fingerprint density at radius 2 is 2.36 bits per heavy atom. The molecule has 1 aromatic carbocycles. The first-order valence-corrected chi connectivity index (χ1v) is 6.31. The summed E-state index contributed by atoms with van der Waals surface area (Å²) in [6.45, 7) is 3.15. The van der Waals surface area contributed by atoms with Crippen LogP contribution in [0.4, 0.5) is 0 Å². The predicted molar refractivity (Wildman–Crippen MR) is 64.0 cm³/mol. The van der Waals surface area contributed by atoms with Crippen molar-refractivity contribution in [2.45, 2.75) is 18.7 Å². The van der Waals surface area contributed by atoms with Crippen molar-refractivity contribution in [1.29, 1.82) is 0 Å². The number of nitrogens with one attached hydrogen (secondary N) is 1. The van der Waals surface area contributed by atoms with Crippen molar-refractivity contribution < 1.29 is 0 Å². The first kappa shape index (κ1) is 10.3. The Morgan fingerprint density at radius 1 is 1.50 bits per heavy atom. The molecule has 1 aliphatic rings. The molecule has 0 spiro atoms. The Kier molecular flexibility index (Phi) is 3.37. The normalized spacial score (nSPS) is 22.3. The van der Waals surface area contributed by atoms with Gasteiger partial charge in [-0.05, 0) is 42.8 Å². The molecule has 1 atom stereocenters. The van der Waals surface area contributed by atoms with Crippen molar-refractivity contribution in [2.24, 2.45) is 0 Å². The highest BCUT2D eigenvalue weighted by atomic mass is 35.5. The van der Waals surface area contributed by atoms with E-state index in [1.54, 1.807) is 0 Å². The van der Waals surface area contributed by atoms with E-state index in [9.17, 15) is 0 Å². The summed E-state index contributed by atoms with van der Waals surface area (Å²) in [7, 11) is 0. The molecule has 0 radical (unpaired) electrons. The van der Waals surface area contributed by atoms with Crippen LogP contribution in [-0.4, -0.2) is 12.3 Å². The van der Waals surface area contributed by atoms with E-state index in [4.69, 9.17) is 11.6 Å². The second kappa shape index (κ2) is 4.56. The van der Waals surface area contributed by atoms with E-state index in [1.807, 2.05) is 18.7 Å². The van der Waals surface area contributed by atoms with Crippen molar-refractivity contribution in [3.8, 4) is 0 Å². The molecular weight excluding hydrogens is 214 g/mol. The molecule has 1 fully saturated rings. The molecule has 1 nitrogen and oxygen atoms in total. The van der Waals surface area contributed by atoms with Crippen LogP contribution in [-0.2, 0) is 0 Å². The van der Waals surface area contributed by atoms with Gasteiger partial charge in [-0.3, -0.25) is 0 Å². The SMILES string of the molecule is Cc1ccc(C2NCCCS2)cc1Cl. The van der Waals surface area contributed by atoms with Gasteiger partial charge >= 0.3 is 0 Å². The van der Waals surface area contributed by atoms with Gasteiger partial charge in [-0.2, -0.15) is 0 Å². The minimum Gasteiger partial charge on any atom is -0.302 e. The van der Waals surface area contributed by atoms with E-state index < -0.39 is 0 Å². The molecule has 1 heterocycles. The number of hydrogen-bond donors (Lipinski definition) is 1. The Hall–Kier alpha value is -0.180. The standard InChI is InChI=1S/C11H14ClNS/c1-8-3-4-9(7-10(8)12)11-13-5-2-6-14-11/h3-4,7,11,13H,2,5-6H2,1H3. The smallest absolute Gasteiger partial charge is 0.0789 e. The molecule has 0 aliphatic carbocycles. The van der Waals surface area contributed by atoms with Crippen LogP contribution in [0, 0.1) is 6.92 Å². The van der Waals surface area contributed by atoms with Crippen LogP contribution < -0.4 is 5.32 Å². The van der Waals surface area contributed by atoms with E-state index >= 15 is 0 Å². The number of hydrogen-bond acceptors (Lipinski definition) is 2. The van der Waals surface area contributed by atoms with Crippen LogP contribution in [0.1, 0.15) is 22.9 Å². The van der Waals surface area contributed by atoms with Gasteiger partial charge in [0.15, 0.2) is 0 Å². The molecule has 0 aromatic heterocycles. The number of thioether (sulfide) groups is 1. The summed E-state index contributed by atoms with van der Waals surface area (Å²) in [4.78, 5) is 0. The van der Waals surface area contributed by atoms with E-state index in [0.717, 1.165) is 17.1 Å². The first-order chi connectivity index (χ1) is 6.77. The maximum atomic E-state index is 6.10. The third-order valence-electron chi connectivity index (χ3n) is 2.43. The van der Waals surface area contributed by atoms with Gasteiger partial charge in [0.2, 0.25) is 0 Å². The molecule has 2 rings (SSSR count). The number of halogens is 1. The zero-order chi connectivity index (χ0) is 9.97. The van der Waals surface area contributed by atoms with Crippen molar-refractivity contribution in [2.75, 3.05) is 12.3 Å². The number of aryl methyl sites for hydroxylation is 1. The summed E-state index contributed by atoms with van der Waals surface area (Å²) in [6.07, 6.45) is 1.26. The topological polar surface area (TPSA) is 12.0 Å². The quantitative estimate of drug-likeness (QED) is 0.790. The maximum absolute atomic E-state index is 6.10. The first-order valence-electron chi connectivity index (χ1n) is 4.88. The second-order valence-electron chi connectivity index (χ2n) is 3.57. The monoisotopic (exact) mass is 227 g/mol. The summed E-state index contributed by atoms with van der Waals surface area (Å²) in [5.41, 5.74) is 2.45. The summed E-state index contributed by atoms with van der Waals surface area (Å²) in [6, 6.07) is 6.33. The van der Waals surface area contributed by atoms with Crippen LogP contribution in [0.25, 0.3) is 0 Å². The zero-order valence-corrected chi connectivity index (χ0v) is 9.79. The molecule has 3 heteroatoms. The lowest BCUT2D eigenvalue weighted by Gasteiger charge is -2.23. The van der Waals surface area contributed by atoms with Crippen molar-refractivity contribution >= 4 is 23.4 Å². The van der Waals surface area contributed by atoms with Gasteiger partial charge < -0.3 is 5.32 Å². The van der Waals surface area contributed by atoms with E-state index in [2.05, 4.69) is 23.5 Å². The fraction of sp³-hybridized carbons (Fsp3) is 0.455. The van der Waals surface area contributed by atoms with Crippen LogP contribution >= 0.6 is 23.4 Å². The molecule has 1 saturated heterocycles. The molecule has 0 saturated carbocycles. The second-order valence-corrected chi connectivity index (χ2v) is 5.19. The Morgan fingerprint density at radius 3 is 3.00 bits per heavy atom. The Bertz CT molecular complexity index is 321. The molecule has 1 unspecified atom stereocenters. The zero-order valence-electron chi connectivity index (χ0n) is 8.22. The van der Waals surface area contributed by atoms with Gasteiger partial charge in [0.05, 0.1) is 5.37 Å². The van der Waals surface area contributed by atoms with E-state index in [-0.39, 0.29) is 0 Å². The lowest BCUT2D eigenvalue weighted by atomic mass is 10.1. The molecular formula is C11H14ClNS. The van der Waals surface area contributed by atoms with Gasteiger partial charge in [0.1, 0.15) is 0 Å². The van der Waals surface area contributed by atoms with Crippen LogP contribution in [0.15, 0.2) is 18.2 Å². The van der Waals surface area contributed by atoms with Crippen LogP contribution in [0.3, 0.4) is 0 Å². The fourth-order valence-electron chi connectivity index (χ4n) is 1.55. The van der Waals surface area contributed by atoms with Gasteiger partial charge in [-0.1, -0.05) is 23.7 Å². The molecule has 1 aliphatic heterocycles. The average molecular weight is 228 g/mol. The van der Waals surface area contributed by atoms with Gasteiger partial charge in [0, 0.05) is 5.02 Å². The molecule has 0 bridgehead atoms. The van der Waals surface area contributed by atoms with Gasteiger partial charge in [-0.25, -0.2) is 0 Å². The summed E-state index contributed by atoms with van der Waals surface area (Å²) in [5.74, 6) is 1.24. The fourth-order valence-corrected chi connectivity index (χ4v) is 2.86. The number of benzene rings is 1. The maximum Gasteiger partial charge on any atom is 0.0789 e. The number of rotatable bonds is 1. The van der Waals surface area contributed by atoms with E-state index in [0.29, 0.717) is 5.37 Å². The minimum atomic E-state index is 0.432. The predicted octanol–water partition coefficient (Wildman–Crippen LogP) is 3.37. The highest BCUT2D eigenvalue weighted by molar-refractivity contribution is 7.99. The molecule has 14 heavy (non-hydrogen) atoms. The lowest BCUT2D eigenvalue weighted by Crippen LogP contribution is -2.25. The van der Waals surface area contributed by atoms with E-state index in [1.165, 1.54) is 17.7 Å². The summed E-state index contributed by atoms with van der Waals surface area (Å²) in [5, 5.41) is 4.79. The molecule has 1 N–H and O–H groups in total. The molecule has 1 aromatic rings. The minimum absolute atomic E-state index is 0.432. The van der Waals surface area contributed by atoms with Crippen LogP contribution in [0.5, 0.6) is 0 Å². The van der Waals surface area contributed by atoms with Crippen molar-refractivity contribution in [3.63, 3.8) is 0 Å². The molecule has 76 valence electrons. The lowest BCUT2D eigenvalue weighted by molar-refractivity contribution is 0.643. The summed E-state index contributed by atoms with van der Waals surface area (Å²) >= 11 is 8.06. The van der Waals surface area contributed by atoms with Crippen LogP contribution in [0.2, 0.25) is 5.02 Å². The largest absolute Gasteiger partial charge is 0.302 e. The van der Waals surface area contributed by atoms with Crippen molar-refractivity contribution in [1.82, 2.24) is 5.32 Å². The Balaban J connectivity index is 2.18. The highest BCUT2D eigenvalue weighted by Crippen LogP contribution is 2.31.